The summed E-state index contributed by atoms with van der Waals surface area (Å²) >= 11 is 1.74. The summed E-state index contributed by atoms with van der Waals surface area (Å²) in [5.74, 6) is 0. The van der Waals surface area contributed by atoms with Gasteiger partial charge in [0.1, 0.15) is 0 Å². The topological polar surface area (TPSA) is 38.9 Å². The van der Waals surface area contributed by atoms with Gasteiger partial charge < -0.3 is 5.73 Å². The van der Waals surface area contributed by atoms with E-state index in [1.54, 1.807) is 11.8 Å². The summed E-state index contributed by atoms with van der Waals surface area (Å²) in [7, 11) is 0. The molecule has 0 radical (unpaired) electrons. The van der Waals surface area contributed by atoms with E-state index < -0.39 is 0 Å². The normalized spacial score (nSPS) is 12.5. The summed E-state index contributed by atoms with van der Waals surface area (Å²) in [5.41, 5.74) is 9.66. The molecule has 0 aliphatic carbocycles. The van der Waals surface area contributed by atoms with Gasteiger partial charge in [0.05, 0.1) is 5.52 Å². The molecule has 0 aliphatic rings. The van der Waals surface area contributed by atoms with Crippen molar-refractivity contribution in [1.29, 1.82) is 0 Å². The molecule has 3 rings (SSSR count). The van der Waals surface area contributed by atoms with Crippen LogP contribution in [0.2, 0.25) is 0 Å². The quantitative estimate of drug-likeness (QED) is 0.733. The molecule has 2 aromatic carbocycles. The van der Waals surface area contributed by atoms with Crippen molar-refractivity contribution in [3.63, 3.8) is 0 Å². The van der Waals surface area contributed by atoms with Gasteiger partial charge in [-0.15, -0.1) is 11.8 Å². The number of hydrogen-bond donors (Lipinski definition) is 1. The van der Waals surface area contributed by atoms with Gasteiger partial charge in [-0.1, -0.05) is 42.5 Å². The summed E-state index contributed by atoms with van der Waals surface area (Å²) < 4.78 is 0. The van der Waals surface area contributed by atoms with Crippen molar-refractivity contribution in [2.45, 2.75) is 17.4 Å². The maximum Gasteiger partial charge on any atom is 0.0705 e. The van der Waals surface area contributed by atoms with E-state index in [2.05, 4.69) is 42.7 Å². The van der Waals surface area contributed by atoms with Gasteiger partial charge >= 0.3 is 0 Å². The molecule has 106 valence electrons. The fraction of sp³-hybridized carbons (Fsp3) is 0.167. The largest absolute Gasteiger partial charge is 0.324 e. The molecule has 0 saturated carbocycles. The molecule has 21 heavy (non-hydrogen) atoms. The van der Waals surface area contributed by atoms with Crippen LogP contribution in [0.15, 0.2) is 65.6 Å². The molecule has 0 aliphatic heterocycles. The third-order valence-corrected chi connectivity index (χ3v) is 4.44. The summed E-state index contributed by atoms with van der Waals surface area (Å²) in [6.45, 7) is 0. The molecule has 0 amide bonds. The number of hydrogen-bond acceptors (Lipinski definition) is 3. The predicted molar refractivity (Wildman–Crippen MR) is 90.6 cm³/mol. The molecule has 0 spiro atoms. The van der Waals surface area contributed by atoms with E-state index in [9.17, 15) is 0 Å². The Morgan fingerprint density at radius 1 is 1.00 bits per heavy atom. The second kappa shape index (κ2) is 6.29. The van der Waals surface area contributed by atoms with Gasteiger partial charge in [0.25, 0.3) is 0 Å². The molecule has 2 nitrogen and oxygen atoms in total. The average Bonchev–Trinajstić information content (AvgIpc) is 2.54. The molecule has 1 atom stereocenters. The van der Waals surface area contributed by atoms with Crippen LogP contribution < -0.4 is 5.73 Å². The number of aromatic nitrogens is 1. The lowest BCUT2D eigenvalue weighted by Crippen LogP contribution is -2.15. The highest BCUT2D eigenvalue weighted by molar-refractivity contribution is 7.98. The van der Waals surface area contributed by atoms with Gasteiger partial charge in [-0.25, -0.2) is 0 Å². The highest BCUT2D eigenvalue weighted by Gasteiger charge is 2.12. The van der Waals surface area contributed by atoms with E-state index in [-0.39, 0.29) is 6.04 Å². The van der Waals surface area contributed by atoms with Gasteiger partial charge in [0, 0.05) is 28.4 Å². The third-order valence-electron chi connectivity index (χ3n) is 3.62. The Bertz CT molecular complexity index is 755. The molecule has 1 aromatic heterocycles. The fourth-order valence-corrected chi connectivity index (χ4v) is 3.20. The van der Waals surface area contributed by atoms with Crippen molar-refractivity contribution in [2.75, 3.05) is 6.26 Å². The van der Waals surface area contributed by atoms with Gasteiger partial charge in [-0.05, 0) is 30.0 Å². The number of rotatable bonds is 4. The number of fused-ring (bicyclic) bond motifs is 1. The fourth-order valence-electron chi connectivity index (χ4n) is 2.53. The Morgan fingerprint density at radius 2 is 1.76 bits per heavy atom. The minimum atomic E-state index is -0.0256. The Hall–Kier alpha value is -1.84. The number of benzene rings is 2. The number of para-hydroxylation sites is 1. The zero-order chi connectivity index (χ0) is 14.7. The van der Waals surface area contributed by atoms with Crippen molar-refractivity contribution in [2.24, 2.45) is 5.73 Å². The van der Waals surface area contributed by atoms with Crippen molar-refractivity contribution < 1.29 is 0 Å². The zero-order valence-corrected chi connectivity index (χ0v) is 12.8. The third kappa shape index (κ3) is 3.09. The minimum absolute atomic E-state index is 0.0256. The number of nitrogens with zero attached hydrogens (tertiary/aromatic N) is 1. The van der Waals surface area contributed by atoms with Crippen molar-refractivity contribution in [1.82, 2.24) is 4.98 Å². The number of thioether (sulfide) groups is 1. The lowest BCUT2D eigenvalue weighted by Gasteiger charge is -2.15. The molecular formula is C18H18N2S. The lowest BCUT2D eigenvalue weighted by atomic mass is 10.0. The molecule has 0 saturated heterocycles. The van der Waals surface area contributed by atoms with E-state index in [1.807, 2.05) is 24.3 Å². The van der Waals surface area contributed by atoms with Crippen molar-refractivity contribution >= 4 is 22.7 Å². The number of nitrogens with two attached hydrogens (primary N) is 1. The Balaban J connectivity index is 1.87. The van der Waals surface area contributed by atoms with Gasteiger partial charge in [0.15, 0.2) is 0 Å². The maximum atomic E-state index is 6.39. The van der Waals surface area contributed by atoms with E-state index >= 15 is 0 Å². The molecule has 1 unspecified atom stereocenters. The van der Waals surface area contributed by atoms with Gasteiger partial charge in [-0.3, -0.25) is 4.98 Å². The summed E-state index contributed by atoms with van der Waals surface area (Å²) in [6.07, 6.45) is 2.84. The summed E-state index contributed by atoms with van der Waals surface area (Å²) in [5, 5.41) is 1.17. The molecule has 2 N–H and O–H groups in total. The monoisotopic (exact) mass is 294 g/mol. The first-order valence-corrected chi connectivity index (χ1v) is 8.23. The van der Waals surface area contributed by atoms with E-state index in [1.165, 1.54) is 15.8 Å². The van der Waals surface area contributed by atoms with E-state index in [0.717, 1.165) is 17.6 Å². The lowest BCUT2D eigenvalue weighted by molar-refractivity contribution is 0.696. The van der Waals surface area contributed by atoms with E-state index in [4.69, 9.17) is 10.7 Å². The molecule has 0 bridgehead atoms. The van der Waals surface area contributed by atoms with Gasteiger partial charge in [-0.2, -0.15) is 0 Å². The predicted octanol–water partition coefficient (Wildman–Crippen LogP) is 4.20. The molecule has 3 heteroatoms. The second-order valence-electron chi connectivity index (χ2n) is 5.05. The SMILES string of the molecule is CSc1ccccc1C(N)Cc1ccc2ccccc2n1. The Kier molecular flexibility index (Phi) is 4.23. The van der Waals surface area contributed by atoms with Gasteiger partial charge in [0.2, 0.25) is 0 Å². The van der Waals surface area contributed by atoms with Crippen LogP contribution in [0.5, 0.6) is 0 Å². The van der Waals surface area contributed by atoms with Crippen molar-refractivity contribution in [3.05, 3.63) is 71.9 Å². The first kappa shape index (κ1) is 14.1. The minimum Gasteiger partial charge on any atom is -0.324 e. The van der Waals surface area contributed by atoms with Crippen LogP contribution in [0.3, 0.4) is 0 Å². The van der Waals surface area contributed by atoms with E-state index in [0.29, 0.717) is 0 Å². The first-order valence-electron chi connectivity index (χ1n) is 7.01. The highest BCUT2D eigenvalue weighted by atomic mass is 32.2. The van der Waals surface area contributed by atoms with Crippen LogP contribution in [-0.4, -0.2) is 11.2 Å². The summed E-state index contributed by atoms with van der Waals surface area (Å²) in [4.78, 5) is 5.95. The zero-order valence-electron chi connectivity index (χ0n) is 12.0. The van der Waals surface area contributed by atoms with Crippen LogP contribution in [0.25, 0.3) is 10.9 Å². The standard InChI is InChI=1S/C18H18N2S/c1-21-18-9-5-3-7-15(18)16(19)12-14-11-10-13-6-2-4-8-17(13)20-14/h2-11,16H,12,19H2,1H3. The molecular weight excluding hydrogens is 276 g/mol. The first-order chi connectivity index (χ1) is 10.3. The number of pyridine rings is 1. The van der Waals surface area contributed by atoms with Crippen LogP contribution in [-0.2, 0) is 6.42 Å². The smallest absolute Gasteiger partial charge is 0.0705 e. The molecule has 0 fully saturated rings. The molecule has 1 heterocycles. The van der Waals surface area contributed by atoms with Crippen LogP contribution in [0.1, 0.15) is 17.3 Å². The second-order valence-corrected chi connectivity index (χ2v) is 5.90. The van der Waals surface area contributed by atoms with Crippen molar-refractivity contribution in [3.8, 4) is 0 Å². The summed E-state index contributed by atoms with van der Waals surface area (Å²) in [6, 6.07) is 20.7. The Morgan fingerprint density at radius 3 is 2.62 bits per heavy atom. The Labute approximate surface area is 129 Å². The highest BCUT2D eigenvalue weighted by Crippen LogP contribution is 2.26. The van der Waals surface area contributed by atoms with Crippen LogP contribution in [0.4, 0.5) is 0 Å². The van der Waals surface area contributed by atoms with Crippen LogP contribution in [0, 0.1) is 0 Å². The molecule has 3 aromatic rings. The maximum absolute atomic E-state index is 6.39. The average molecular weight is 294 g/mol. The van der Waals surface area contributed by atoms with Crippen LogP contribution >= 0.6 is 11.8 Å².